The van der Waals surface area contributed by atoms with Gasteiger partial charge in [-0.1, -0.05) is 0 Å². The van der Waals surface area contributed by atoms with E-state index in [4.69, 9.17) is 15.2 Å². The summed E-state index contributed by atoms with van der Waals surface area (Å²) in [6.07, 6.45) is -0.318. The van der Waals surface area contributed by atoms with E-state index in [1.165, 1.54) is 13.2 Å². The summed E-state index contributed by atoms with van der Waals surface area (Å²) in [5.41, 5.74) is 6.14. The molecule has 1 heterocycles. The highest BCUT2D eigenvalue weighted by atomic mass is 19.1. The Balaban J connectivity index is 2.34. The molecule has 6 nitrogen and oxygen atoms in total. The summed E-state index contributed by atoms with van der Waals surface area (Å²) in [7, 11) is 4.42. The molecular weight excluding hydrogens is 279 g/mol. The lowest BCUT2D eigenvalue weighted by atomic mass is 10.1. The number of nitrogens with zero attached hydrogens (tertiary/aromatic N) is 1. The first kappa shape index (κ1) is 15.5. The predicted molar refractivity (Wildman–Crippen MR) is 76.0 cm³/mol. The molecule has 0 amide bonds. The lowest BCUT2D eigenvalue weighted by Crippen LogP contribution is -2.27. The molecule has 116 valence electrons. The van der Waals surface area contributed by atoms with Gasteiger partial charge in [-0.25, -0.2) is 9.18 Å². The SMILES string of the molecule is COC(=O)c1cc(N2CC(OC)C(OC)C2)c(F)cc1N. The van der Waals surface area contributed by atoms with Gasteiger partial charge in [-0.05, 0) is 12.1 Å². The molecule has 21 heavy (non-hydrogen) atoms. The molecule has 2 unspecified atom stereocenters. The zero-order chi connectivity index (χ0) is 15.6. The van der Waals surface area contributed by atoms with Crippen molar-refractivity contribution in [1.82, 2.24) is 0 Å². The average molecular weight is 298 g/mol. The van der Waals surface area contributed by atoms with E-state index < -0.39 is 11.8 Å². The molecule has 2 rings (SSSR count). The first-order valence-corrected chi connectivity index (χ1v) is 6.49. The molecule has 0 radical (unpaired) electrons. The fraction of sp³-hybridized carbons (Fsp3) is 0.500. The number of hydrogen-bond donors (Lipinski definition) is 1. The molecule has 1 fully saturated rings. The zero-order valence-corrected chi connectivity index (χ0v) is 12.3. The second-order valence-electron chi connectivity index (χ2n) is 4.84. The number of nitrogen functional groups attached to an aromatic ring is 1. The van der Waals surface area contributed by atoms with Crippen molar-refractivity contribution in [1.29, 1.82) is 0 Å². The summed E-state index contributed by atoms with van der Waals surface area (Å²) < 4.78 is 29.5. The van der Waals surface area contributed by atoms with Crippen LogP contribution in [0.2, 0.25) is 0 Å². The molecule has 0 saturated carbocycles. The Morgan fingerprint density at radius 1 is 1.24 bits per heavy atom. The van der Waals surface area contributed by atoms with Crippen LogP contribution in [0.25, 0.3) is 0 Å². The number of hydrogen-bond acceptors (Lipinski definition) is 6. The molecule has 1 aliphatic rings. The Labute approximate surface area is 122 Å². The first-order chi connectivity index (χ1) is 10.0. The number of nitrogens with two attached hydrogens (primary N) is 1. The minimum atomic E-state index is -0.598. The predicted octanol–water partition coefficient (Wildman–Crippen LogP) is 1.04. The van der Waals surface area contributed by atoms with Crippen LogP contribution in [0.1, 0.15) is 10.4 Å². The van der Waals surface area contributed by atoms with Crippen molar-refractivity contribution < 1.29 is 23.4 Å². The van der Waals surface area contributed by atoms with Gasteiger partial charge in [-0.3, -0.25) is 0 Å². The number of carbonyl (C=O) groups excluding carboxylic acids is 1. The van der Waals surface area contributed by atoms with Crippen LogP contribution in [-0.2, 0) is 14.2 Å². The molecular formula is C14H19FN2O4. The molecule has 0 aliphatic carbocycles. The van der Waals surface area contributed by atoms with Gasteiger partial charge in [-0.15, -0.1) is 0 Å². The highest BCUT2D eigenvalue weighted by Gasteiger charge is 2.34. The van der Waals surface area contributed by atoms with Crippen LogP contribution in [0.4, 0.5) is 15.8 Å². The summed E-state index contributed by atoms with van der Waals surface area (Å²) in [5, 5.41) is 0. The highest BCUT2D eigenvalue weighted by molar-refractivity contribution is 5.96. The molecule has 2 N–H and O–H groups in total. The molecule has 0 aromatic heterocycles. The molecule has 1 aliphatic heterocycles. The third-order valence-corrected chi connectivity index (χ3v) is 3.69. The van der Waals surface area contributed by atoms with Gasteiger partial charge in [0.15, 0.2) is 0 Å². The Kier molecular flexibility index (Phi) is 4.64. The molecule has 0 spiro atoms. The molecule has 1 saturated heterocycles. The summed E-state index contributed by atoms with van der Waals surface area (Å²) in [6, 6.07) is 2.53. The topological polar surface area (TPSA) is 74.0 Å². The average Bonchev–Trinajstić information content (AvgIpc) is 2.89. The van der Waals surface area contributed by atoms with Gasteiger partial charge in [-0.2, -0.15) is 0 Å². The van der Waals surface area contributed by atoms with Crippen molar-refractivity contribution in [2.24, 2.45) is 0 Å². The molecule has 1 aromatic rings. The number of benzene rings is 1. The second kappa shape index (κ2) is 6.28. The summed E-state index contributed by atoms with van der Waals surface area (Å²) in [4.78, 5) is 13.4. The summed E-state index contributed by atoms with van der Waals surface area (Å²) >= 11 is 0. The van der Waals surface area contributed by atoms with Crippen molar-refractivity contribution in [2.45, 2.75) is 12.2 Å². The maximum atomic E-state index is 14.2. The lowest BCUT2D eigenvalue weighted by Gasteiger charge is -2.20. The van der Waals surface area contributed by atoms with E-state index in [0.717, 1.165) is 6.07 Å². The van der Waals surface area contributed by atoms with Crippen LogP contribution in [0.3, 0.4) is 0 Å². The number of anilines is 2. The van der Waals surface area contributed by atoms with Crippen molar-refractivity contribution in [3.8, 4) is 0 Å². The minimum Gasteiger partial charge on any atom is -0.465 e. The summed E-state index contributed by atoms with van der Waals surface area (Å²) in [6.45, 7) is 0.937. The van der Waals surface area contributed by atoms with Crippen molar-refractivity contribution in [3.05, 3.63) is 23.5 Å². The molecule has 1 aromatic carbocycles. The quantitative estimate of drug-likeness (QED) is 0.661. The summed E-state index contributed by atoms with van der Waals surface area (Å²) in [5.74, 6) is -1.09. The monoisotopic (exact) mass is 298 g/mol. The number of esters is 1. The van der Waals surface area contributed by atoms with Crippen LogP contribution < -0.4 is 10.6 Å². The normalized spacial score (nSPS) is 21.6. The number of carbonyl (C=O) groups is 1. The van der Waals surface area contributed by atoms with E-state index in [1.54, 1.807) is 19.1 Å². The Hall–Kier alpha value is -1.86. The van der Waals surface area contributed by atoms with Gasteiger partial charge in [0.25, 0.3) is 0 Å². The minimum absolute atomic E-state index is 0.0499. The van der Waals surface area contributed by atoms with Crippen LogP contribution in [-0.4, -0.2) is 52.6 Å². The third kappa shape index (κ3) is 2.93. The van der Waals surface area contributed by atoms with E-state index in [9.17, 15) is 9.18 Å². The maximum Gasteiger partial charge on any atom is 0.340 e. The maximum absolute atomic E-state index is 14.2. The van der Waals surface area contributed by atoms with Gasteiger partial charge in [0.2, 0.25) is 0 Å². The Morgan fingerprint density at radius 3 is 2.29 bits per heavy atom. The van der Waals surface area contributed by atoms with Gasteiger partial charge >= 0.3 is 5.97 Å². The largest absolute Gasteiger partial charge is 0.465 e. The van der Waals surface area contributed by atoms with Gasteiger partial charge in [0.05, 0.1) is 18.4 Å². The molecule has 2 atom stereocenters. The first-order valence-electron chi connectivity index (χ1n) is 6.49. The van der Waals surface area contributed by atoms with Gasteiger partial charge in [0.1, 0.15) is 18.0 Å². The van der Waals surface area contributed by atoms with Crippen LogP contribution >= 0.6 is 0 Å². The van der Waals surface area contributed by atoms with Crippen LogP contribution in [0.5, 0.6) is 0 Å². The van der Waals surface area contributed by atoms with Gasteiger partial charge < -0.3 is 24.8 Å². The Bertz CT molecular complexity index is 526. The van der Waals surface area contributed by atoms with E-state index in [0.29, 0.717) is 13.1 Å². The number of ether oxygens (including phenoxy) is 3. The zero-order valence-electron chi connectivity index (χ0n) is 12.3. The van der Waals surface area contributed by atoms with Crippen molar-refractivity contribution in [2.75, 3.05) is 45.1 Å². The molecule has 0 bridgehead atoms. The van der Waals surface area contributed by atoms with E-state index in [1.807, 2.05) is 0 Å². The van der Waals surface area contributed by atoms with E-state index in [2.05, 4.69) is 4.74 Å². The van der Waals surface area contributed by atoms with Crippen molar-refractivity contribution >= 4 is 17.3 Å². The highest BCUT2D eigenvalue weighted by Crippen LogP contribution is 2.30. The fourth-order valence-corrected chi connectivity index (χ4v) is 2.50. The third-order valence-electron chi connectivity index (χ3n) is 3.69. The number of halogens is 1. The lowest BCUT2D eigenvalue weighted by molar-refractivity contribution is -0.00461. The standard InChI is InChI=1S/C14H19FN2O4/c1-19-12-6-17(7-13(12)20-2)11-4-8(14(18)21-3)10(16)5-9(11)15/h4-5,12-13H,6-7,16H2,1-3H3. The van der Waals surface area contributed by atoms with Gasteiger partial charge in [0, 0.05) is 33.0 Å². The fourth-order valence-electron chi connectivity index (χ4n) is 2.50. The van der Waals surface area contributed by atoms with E-state index in [-0.39, 0.29) is 29.1 Å². The smallest absolute Gasteiger partial charge is 0.340 e. The number of rotatable bonds is 4. The van der Waals surface area contributed by atoms with Crippen LogP contribution in [0.15, 0.2) is 12.1 Å². The second-order valence-corrected chi connectivity index (χ2v) is 4.84. The number of methoxy groups -OCH3 is 3. The molecule has 7 heteroatoms. The Morgan fingerprint density at radius 2 is 1.81 bits per heavy atom. The van der Waals surface area contributed by atoms with Crippen LogP contribution in [0, 0.1) is 5.82 Å². The van der Waals surface area contributed by atoms with E-state index >= 15 is 0 Å². The van der Waals surface area contributed by atoms with Crippen molar-refractivity contribution in [3.63, 3.8) is 0 Å².